The average Bonchev–Trinajstić information content (AvgIpc) is 4.08. The number of rotatable bonds is 6. The third-order valence-corrected chi connectivity index (χ3v) is 12.4. The van der Waals surface area contributed by atoms with Crippen molar-refractivity contribution in [2.24, 2.45) is 0 Å². The Morgan fingerprint density at radius 1 is 0.328 bits per heavy atom. The van der Waals surface area contributed by atoms with Crippen molar-refractivity contribution in [3.05, 3.63) is 207 Å². The van der Waals surface area contributed by atoms with Crippen LogP contribution in [0.15, 0.2) is 183 Å². The molecule has 0 bridgehead atoms. The number of nitrogens with zero attached hydrogens (tertiary/aromatic N) is 8. The zero-order valence-electron chi connectivity index (χ0n) is 34.9. The van der Waals surface area contributed by atoms with Crippen molar-refractivity contribution in [2.45, 2.75) is 0 Å². The summed E-state index contributed by atoms with van der Waals surface area (Å²) in [5.74, 6) is 3.22. The smallest absolute Gasteiger partial charge is 0.509 e. The predicted octanol–water partition coefficient (Wildman–Crippen LogP) is 12.6. The van der Waals surface area contributed by atoms with Crippen molar-refractivity contribution in [3.63, 3.8) is 0 Å². The molecule has 9 nitrogen and oxygen atoms in total. The van der Waals surface area contributed by atoms with Gasteiger partial charge in [-0.25, -0.2) is 19.9 Å². The molecule has 11 heteroatoms. The summed E-state index contributed by atoms with van der Waals surface area (Å²) < 4.78 is 15.2. The van der Waals surface area contributed by atoms with Crippen LogP contribution in [-0.4, -0.2) is 38.2 Å². The first-order valence-electron chi connectivity index (χ1n) is 21.3. The topological polar surface area (TPSA) is 80.5 Å². The fourth-order valence-electron chi connectivity index (χ4n) is 9.71. The van der Waals surface area contributed by atoms with Crippen molar-refractivity contribution in [3.8, 4) is 34.8 Å². The van der Waals surface area contributed by atoms with E-state index in [4.69, 9.17) is 19.7 Å². The normalized spacial score (nSPS) is 11.6. The fourth-order valence-corrected chi connectivity index (χ4v) is 9.71. The van der Waals surface area contributed by atoms with E-state index in [9.17, 15) is 0 Å². The number of fused-ring (bicyclic) bond motifs is 12. The SMILES string of the molecule is [Pt+2].[Pt+2].[c-]1c(Oc2[c-]c3c(cc2)c2ccccc2n3-c2ccccn2)ccc2c3ccc(-n4c5[c-]c6c(cc5c5ccccc54)c4ccccc4n6-c4ccccn4)[c-]c3n(-c3ncccn3)c12. The van der Waals surface area contributed by atoms with Crippen LogP contribution >= 0.6 is 0 Å². The van der Waals surface area contributed by atoms with Crippen LogP contribution in [0.1, 0.15) is 0 Å². The zero-order valence-corrected chi connectivity index (χ0v) is 39.5. The second kappa shape index (κ2) is 16.0. The van der Waals surface area contributed by atoms with Gasteiger partial charge in [0.2, 0.25) is 5.95 Å². The number of hydrogen-bond donors (Lipinski definition) is 0. The number of benzene rings is 7. The molecule has 0 aliphatic carbocycles. The Kier molecular flexibility index (Phi) is 9.75. The van der Waals surface area contributed by atoms with E-state index >= 15 is 0 Å². The molecule has 0 fully saturated rings. The van der Waals surface area contributed by atoms with Crippen LogP contribution in [0.3, 0.4) is 0 Å². The van der Waals surface area contributed by atoms with E-state index < -0.39 is 0 Å². The summed E-state index contributed by atoms with van der Waals surface area (Å²) in [5.41, 5.74) is 8.34. The minimum atomic E-state index is 0. The molecule has 0 unspecified atom stereocenters. The molecule has 0 spiro atoms. The van der Waals surface area contributed by atoms with E-state index in [1.807, 2.05) is 71.4 Å². The maximum atomic E-state index is 6.62. The summed E-state index contributed by atoms with van der Waals surface area (Å²) in [5, 5.41) is 8.61. The Hall–Kier alpha value is -7.70. The van der Waals surface area contributed by atoms with Crippen LogP contribution in [0.2, 0.25) is 0 Å². The van der Waals surface area contributed by atoms with Crippen LogP contribution in [0.4, 0.5) is 0 Å². The second-order valence-electron chi connectivity index (χ2n) is 16.0. The Morgan fingerprint density at radius 3 is 1.33 bits per heavy atom. The quantitative estimate of drug-likeness (QED) is 0.155. The van der Waals surface area contributed by atoms with Crippen LogP contribution < -0.4 is 4.74 Å². The largest absolute Gasteiger partial charge is 2.00 e. The van der Waals surface area contributed by atoms with Crippen LogP contribution in [-0.2, 0) is 42.1 Å². The van der Waals surface area contributed by atoms with Gasteiger partial charge < -0.3 is 23.0 Å². The van der Waals surface area contributed by atoms with E-state index in [0.29, 0.717) is 17.4 Å². The molecule has 14 aromatic rings. The Morgan fingerprint density at radius 2 is 0.761 bits per heavy atom. The first-order valence-corrected chi connectivity index (χ1v) is 21.3. The molecule has 0 atom stereocenters. The summed E-state index contributed by atoms with van der Waals surface area (Å²) in [6.45, 7) is 0. The third kappa shape index (κ3) is 6.22. The molecular formula is C56H30N8OPt2. The van der Waals surface area contributed by atoms with Crippen molar-refractivity contribution < 1.29 is 46.9 Å². The summed E-state index contributed by atoms with van der Waals surface area (Å²) in [6, 6.07) is 68.7. The van der Waals surface area contributed by atoms with Crippen molar-refractivity contribution in [1.29, 1.82) is 0 Å². The summed E-state index contributed by atoms with van der Waals surface area (Å²) in [6.07, 6.45) is 7.14. The first kappa shape index (κ1) is 40.8. The van der Waals surface area contributed by atoms with E-state index in [0.717, 1.165) is 105 Å². The molecule has 0 aliphatic heterocycles. The molecule has 14 rings (SSSR count). The molecule has 7 aromatic carbocycles. The molecule has 0 radical (unpaired) electrons. The monoisotopic (exact) mass is 1220 g/mol. The molecule has 0 amide bonds. The average molecular weight is 1220 g/mol. The summed E-state index contributed by atoms with van der Waals surface area (Å²) in [7, 11) is 0. The molecule has 0 N–H and O–H groups in total. The maximum absolute atomic E-state index is 6.62. The Labute approximate surface area is 411 Å². The summed E-state index contributed by atoms with van der Waals surface area (Å²) >= 11 is 0. The molecule has 7 aromatic heterocycles. The minimum absolute atomic E-state index is 0. The summed E-state index contributed by atoms with van der Waals surface area (Å²) in [4.78, 5) is 19.0. The van der Waals surface area contributed by atoms with E-state index in [1.165, 1.54) is 0 Å². The van der Waals surface area contributed by atoms with Gasteiger partial charge in [0.25, 0.3) is 0 Å². The number of aromatic nitrogens is 8. The van der Waals surface area contributed by atoms with Gasteiger partial charge in [0.1, 0.15) is 11.6 Å². The van der Waals surface area contributed by atoms with Gasteiger partial charge in [-0.1, -0.05) is 100 Å². The van der Waals surface area contributed by atoms with E-state index in [1.54, 1.807) is 18.6 Å². The molecule has 0 aliphatic rings. The minimum Gasteiger partial charge on any atom is -0.509 e. The van der Waals surface area contributed by atoms with Crippen LogP contribution in [0.5, 0.6) is 11.5 Å². The number of para-hydroxylation sites is 3. The molecule has 320 valence electrons. The molecular weight excluding hydrogens is 1190 g/mol. The van der Waals surface area contributed by atoms with Crippen molar-refractivity contribution in [2.75, 3.05) is 0 Å². The Balaban J connectivity index is 0.00000234. The van der Waals surface area contributed by atoms with Gasteiger partial charge in [0.05, 0.1) is 0 Å². The van der Waals surface area contributed by atoms with E-state index in [2.05, 4.69) is 140 Å². The van der Waals surface area contributed by atoms with Gasteiger partial charge in [-0.3, -0.25) is 0 Å². The van der Waals surface area contributed by atoms with Crippen LogP contribution in [0, 0.1) is 24.3 Å². The van der Waals surface area contributed by atoms with Crippen molar-refractivity contribution >= 4 is 87.2 Å². The molecule has 67 heavy (non-hydrogen) atoms. The number of hydrogen-bond acceptors (Lipinski definition) is 5. The fraction of sp³-hybridized carbons (Fsp3) is 0. The Bertz CT molecular complexity index is 4220. The van der Waals surface area contributed by atoms with Gasteiger partial charge in [-0.05, 0) is 64.7 Å². The second-order valence-corrected chi connectivity index (χ2v) is 16.0. The first-order chi connectivity index (χ1) is 32.2. The van der Waals surface area contributed by atoms with Gasteiger partial charge in [-0.15, -0.1) is 58.6 Å². The number of pyridine rings is 2. The van der Waals surface area contributed by atoms with Crippen LogP contribution in [0.25, 0.3) is 110 Å². The zero-order chi connectivity index (χ0) is 42.6. The van der Waals surface area contributed by atoms with E-state index in [-0.39, 0.29) is 42.1 Å². The predicted molar refractivity (Wildman–Crippen MR) is 257 cm³/mol. The molecule has 0 saturated heterocycles. The molecule has 7 heterocycles. The molecule has 0 saturated carbocycles. The van der Waals surface area contributed by atoms with Gasteiger partial charge in [0, 0.05) is 52.8 Å². The maximum Gasteiger partial charge on any atom is 2.00 e. The van der Waals surface area contributed by atoms with Gasteiger partial charge >= 0.3 is 42.1 Å². The standard InChI is InChI=1S/C56H30N8O.2Pt/c1-5-16-47-38(12-1)42-24-21-36(31-50(42)62(47)54-18-7-9-26-57-54)65-37-22-25-43-41-23-20-35(30-49(41)64(51(43)32-37)56-59-28-11-29-60-56)61-46-15-4-2-13-39(46)44-33-45-40-14-3-6-17-48(40)63(53(45)34-52(44)61)55-19-8-10-27-58-55;;/h1-29,33H;;/q-4;2*+2. The van der Waals surface area contributed by atoms with Gasteiger partial charge in [-0.2, -0.15) is 35.0 Å². The third-order valence-electron chi connectivity index (χ3n) is 12.4. The van der Waals surface area contributed by atoms with Gasteiger partial charge in [0.15, 0.2) is 0 Å². The van der Waals surface area contributed by atoms with Crippen molar-refractivity contribution in [1.82, 2.24) is 38.2 Å². The number of ether oxygens (including phenoxy) is 1.